The van der Waals surface area contributed by atoms with Crippen molar-refractivity contribution in [3.63, 3.8) is 0 Å². The molecule has 1 aromatic heterocycles. The van der Waals surface area contributed by atoms with Gasteiger partial charge in [-0.1, -0.05) is 0 Å². The second-order valence-corrected chi connectivity index (χ2v) is 7.01. The highest BCUT2D eigenvalue weighted by molar-refractivity contribution is 7.89. The molecular formula is C12H15N3O2S2. The summed E-state index contributed by atoms with van der Waals surface area (Å²) in [6, 6.07) is 6.37. The van der Waals surface area contributed by atoms with Crippen LogP contribution in [0.2, 0.25) is 0 Å². The lowest BCUT2D eigenvalue weighted by molar-refractivity contribution is 0.598. The molecule has 0 saturated carbocycles. The first-order valence-corrected chi connectivity index (χ1v) is 8.02. The van der Waals surface area contributed by atoms with E-state index in [2.05, 4.69) is 10.3 Å². The fourth-order valence-corrected chi connectivity index (χ4v) is 3.07. The summed E-state index contributed by atoms with van der Waals surface area (Å²) in [5.41, 5.74) is 1.87. The van der Waals surface area contributed by atoms with Gasteiger partial charge in [-0.25, -0.2) is 18.5 Å². The number of nitrogens with zero attached hydrogens (tertiary/aromatic N) is 1. The zero-order chi connectivity index (χ0) is 14.0. The Hall–Kier alpha value is -1.44. The van der Waals surface area contributed by atoms with E-state index in [-0.39, 0.29) is 4.90 Å². The van der Waals surface area contributed by atoms with E-state index in [0.29, 0.717) is 6.54 Å². The standard InChI is InChI=1S/C12H15N3O2S2/c1-8-12(18-9(2)15-8)7-14-10-3-5-11(6-4-10)19(13,16)17/h3-6,14H,7H2,1-2H3,(H2,13,16,17). The molecule has 0 amide bonds. The number of rotatable bonds is 4. The predicted octanol–water partition coefficient (Wildman–Crippen LogP) is 2.02. The van der Waals surface area contributed by atoms with E-state index in [0.717, 1.165) is 16.4 Å². The Morgan fingerprint density at radius 3 is 2.37 bits per heavy atom. The van der Waals surface area contributed by atoms with Crippen LogP contribution in [0, 0.1) is 13.8 Å². The predicted molar refractivity (Wildman–Crippen MR) is 76.7 cm³/mol. The fourth-order valence-electron chi connectivity index (χ4n) is 1.68. The molecule has 0 saturated heterocycles. The van der Waals surface area contributed by atoms with Crippen molar-refractivity contribution in [1.82, 2.24) is 4.98 Å². The molecule has 2 aromatic rings. The van der Waals surface area contributed by atoms with E-state index in [1.807, 2.05) is 13.8 Å². The molecule has 2 rings (SSSR count). The minimum Gasteiger partial charge on any atom is -0.380 e. The second kappa shape index (κ2) is 5.28. The summed E-state index contributed by atoms with van der Waals surface area (Å²) >= 11 is 1.65. The number of primary sulfonamides is 1. The summed E-state index contributed by atoms with van der Waals surface area (Å²) in [4.78, 5) is 5.64. The first-order chi connectivity index (χ1) is 8.86. The molecule has 0 fully saturated rings. The molecule has 1 heterocycles. The van der Waals surface area contributed by atoms with Crippen LogP contribution >= 0.6 is 11.3 Å². The van der Waals surface area contributed by atoms with Crippen LogP contribution in [0.4, 0.5) is 5.69 Å². The van der Waals surface area contributed by atoms with Crippen molar-refractivity contribution in [3.05, 3.63) is 39.8 Å². The Morgan fingerprint density at radius 1 is 1.26 bits per heavy atom. The summed E-state index contributed by atoms with van der Waals surface area (Å²) in [5.74, 6) is 0. The number of hydrogen-bond acceptors (Lipinski definition) is 5. The number of aromatic nitrogens is 1. The van der Waals surface area contributed by atoms with Crippen LogP contribution in [-0.4, -0.2) is 13.4 Å². The van der Waals surface area contributed by atoms with Gasteiger partial charge >= 0.3 is 0 Å². The lowest BCUT2D eigenvalue weighted by Gasteiger charge is -2.06. The third-order valence-electron chi connectivity index (χ3n) is 2.64. The summed E-state index contributed by atoms with van der Waals surface area (Å²) in [7, 11) is -3.63. The van der Waals surface area contributed by atoms with Crippen molar-refractivity contribution < 1.29 is 8.42 Å². The molecule has 19 heavy (non-hydrogen) atoms. The molecule has 102 valence electrons. The van der Waals surface area contributed by atoms with Crippen molar-refractivity contribution in [1.29, 1.82) is 0 Å². The molecule has 3 N–H and O–H groups in total. The molecular weight excluding hydrogens is 282 g/mol. The van der Waals surface area contributed by atoms with E-state index in [9.17, 15) is 8.42 Å². The van der Waals surface area contributed by atoms with Crippen molar-refractivity contribution in [2.45, 2.75) is 25.3 Å². The lowest BCUT2D eigenvalue weighted by Crippen LogP contribution is -2.11. The minimum atomic E-state index is -3.63. The van der Waals surface area contributed by atoms with Crippen LogP contribution in [0.5, 0.6) is 0 Å². The van der Waals surface area contributed by atoms with Crippen LogP contribution < -0.4 is 10.5 Å². The van der Waals surface area contributed by atoms with Gasteiger partial charge in [0, 0.05) is 10.6 Å². The molecule has 0 unspecified atom stereocenters. The summed E-state index contributed by atoms with van der Waals surface area (Å²) < 4.78 is 22.2. The van der Waals surface area contributed by atoms with Crippen molar-refractivity contribution in [2.24, 2.45) is 5.14 Å². The van der Waals surface area contributed by atoms with Gasteiger partial charge in [-0.3, -0.25) is 0 Å². The zero-order valence-electron chi connectivity index (χ0n) is 10.7. The van der Waals surface area contributed by atoms with E-state index in [1.54, 1.807) is 23.5 Å². The maximum atomic E-state index is 11.1. The summed E-state index contributed by atoms with van der Waals surface area (Å²) in [6.45, 7) is 4.62. The van der Waals surface area contributed by atoms with Gasteiger partial charge < -0.3 is 5.32 Å². The number of hydrogen-bond donors (Lipinski definition) is 2. The lowest BCUT2D eigenvalue weighted by atomic mass is 10.3. The van der Waals surface area contributed by atoms with Gasteiger partial charge in [0.25, 0.3) is 0 Å². The van der Waals surface area contributed by atoms with Crippen molar-refractivity contribution in [3.8, 4) is 0 Å². The number of sulfonamides is 1. The molecule has 0 aliphatic heterocycles. The highest BCUT2D eigenvalue weighted by atomic mass is 32.2. The molecule has 0 atom stereocenters. The SMILES string of the molecule is Cc1nc(C)c(CNc2ccc(S(N)(=O)=O)cc2)s1. The van der Waals surface area contributed by atoms with Gasteiger partial charge in [0.2, 0.25) is 10.0 Å². The maximum absolute atomic E-state index is 11.1. The van der Waals surface area contributed by atoms with Crippen LogP contribution in [0.15, 0.2) is 29.2 Å². The van der Waals surface area contributed by atoms with Crippen LogP contribution in [0.1, 0.15) is 15.6 Å². The van der Waals surface area contributed by atoms with Gasteiger partial charge in [0.05, 0.1) is 22.1 Å². The molecule has 7 heteroatoms. The van der Waals surface area contributed by atoms with E-state index >= 15 is 0 Å². The van der Waals surface area contributed by atoms with Crippen LogP contribution in [0.3, 0.4) is 0 Å². The van der Waals surface area contributed by atoms with Gasteiger partial charge in [-0.05, 0) is 38.1 Å². The monoisotopic (exact) mass is 297 g/mol. The van der Waals surface area contributed by atoms with Gasteiger partial charge in [-0.15, -0.1) is 11.3 Å². The number of anilines is 1. The average Bonchev–Trinajstić information content (AvgIpc) is 2.65. The Labute approximate surface area is 116 Å². The normalized spacial score (nSPS) is 11.5. The minimum absolute atomic E-state index is 0.114. The Kier molecular flexibility index (Phi) is 3.88. The molecule has 0 bridgehead atoms. The summed E-state index contributed by atoms with van der Waals surface area (Å²) in [6.07, 6.45) is 0. The van der Waals surface area contributed by atoms with E-state index in [1.165, 1.54) is 17.0 Å². The molecule has 0 aliphatic rings. The quantitative estimate of drug-likeness (QED) is 0.904. The number of aryl methyl sites for hydroxylation is 2. The largest absolute Gasteiger partial charge is 0.380 e. The van der Waals surface area contributed by atoms with Crippen LogP contribution in [-0.2, 0) is 16.6 Å². The molecule has 5 nitrogen and oxygen atoms in total. The van der Waals surface area contributed by atoms with E-state index in [4.69, 9.17) is 5.14 Å². The molecule has 0 aliphatic carbocycles. The van der Waals surface area contributed by atoms with E-state index < -0.39 is 10.0 Å². The Morgan fingerprint density at radius 2 is 1.89 bits per heavy atom. The third-order valence-corrected chi connectivity index (χ3v) is 4.64. The van der Waals surface area contributed by atoms with Gasteiger partial charge in [-0.2, -0.15) is 0 Å². The molecule has 0 radical (unpaired) electrons. The average molecular weight is 297 g/mol. The van der Waals surface area contributed by atoms with Gasteiger partial charge in [0.1, 0.15) is 0 Å². The van der Waals surface area contributed by atoms with Crippen molar-refractivity contribution >= 4 is 27.0 Å². The van der Waals surface area contributed by atoms with Crippen molar-refractivity contribution in [2.75, 3.05) is 5.32 Å². The molecule has 0 spiro atoms. The number of nitrogens with one attached hydrogen (secondary N) is 1. The second-order valence-electron chi connectivity index (χ2n) is 4.16. The number of benzene rings is 1. The summed E-state index contributed by atoms with van der Waals surface area (Å²) in [5, 5.41) is 9.31. The topological polar surface area (TPSA) is 85.1 Å². The zero-order valence-corrected chi connectivity index (χ0v) is 12.3. The first-order valence-electron chi connectivity index (χ1n) is 5.66. The maximum Gasteiger partial charge on any atom is 0.238 e. The first kappa shape index (κ1) is 14.0. The fraction of sp³-hybridized carbons (Fsp3) is 0.250. The Balaban J connectivity index is 2.07. The highest BCUT2D eigenvalue weighted by Gasteiger charge is 2.07. The number of thiazole rings is 1. The van der Waals surface area contributed by atoms with Gasteiger partial charge in [0.15, 0.2) is 0 Å². The molecule has 1 aromatic carbocycles. The number of nitrogens with two attached hydrogens (primary N) is 1. The smallest absolute Gasteiger partial charge is 0.238 e. The third kappa shape index (κ3) is 3.52. The Bertz CT molecular complexity index is 676. The van der Waals surface area contributed by atoms with Crippen LogP contribution in [0.25, 0.3) is 0 Å². The highest BCUT2D eigenvalue weighted by Crippen LogP contribution is 2.19.